The third-order valence-electron chi connectivity index (χ3n) is 2.82. The third-order valence-corrected chi connectivity index (χ3v) is 3.56. The number of nitrogens with zero attached hydrogens (tertiary/aromatic N) is 2. The van der Waals surface area contributed by atoms with E-state index in [1.165, 1.54) is 4.90 Å². The molecule has 1 aromatic heterocycles. The van der Waals surface area contributed by atoms with E-state index >= 15 is 0 Å². The van der Waals surface area contributed by atoms with Crippen molar-refractivity contribution in [2.24, 2.45) is 0 Å². The molecular weight excluding hydrogens is 260 g/mol. The van der Waals surface area contributed by atoms with E-state index < -0.39 is 5.97 Å². The van der Waals surface area contributed by atoms with Crippen molar-refractivity contribution in [3.63, 3.8) is 0 Å². The minimum Gasteiger partial charge on any atom is -0.477 e. The van der Waals surface area contributed by atoms with Gasteiger partial charge in [-0.1, -0.05) is 19.1 Å². The number of rotatable bonds is 5. The summed E-state index contributed by atoms with van der Waals surface area (Å²) in [7, 11) is 0. The summed E-state index contributed by atoms with van der Waals surface area (Å²) in [6.07, 6.45) is 2.88. The van der Waals surface area contributed by atoms with Crippen molar-refractivity contribution in [1.82, 2.24) is 9.78 Å². The predicted molar refractivity (Wildman–Crippen MR) is 76.7 cm³/mol. The zero-order chi connectivity index (χ0) is 13.8. The fourth-order valence-corrected chi connectivity index (χ4v) is 2.28. The van der Waals surface area contributed by atoms with Gasteiger partial charge >= 0.3 is 5.97 Å². The van der Waals surface area contributed by atoms with Crippen LogP contribution in [-0.4, -0.2) is 27.1 Å². The van der Waals surface area contributed by atoms with E-state index in [9.17, 15) is 9.90 Å². The van der Waals surface area contributed by atoms with Gasteiger partial charge in [0.1, 0.15) is 5.69 Å². The Morgan fingerprint density at radius 3 is 2.58 bits per heavy atom. The summed E-state index contributed by atoms with van der Waals surface area (Å²) in [5, 5.41) is 13.5. The van der Waals surface area contributed by atoms with Gasteiger partial charge in [0.05, 0.1) is 5.69 Å². The molecule has 0 bridgehead atoms. The van der Waals surface area contributed by atoms with Crippen LogP contribution in [0.25, 0.3) is 11.3 Å². The lowest BCUT2D eigenvalue weighted by atomic mass is 10.1. The van der Waals surface area contributed by atoms with Crippen LogP contribution in [0.4, 0.5) is 0 Å². The van der Waals surface area contributed by atoms with E-state index in [-0.39, 0.29) is 5.69 Å². The second-order valence-corrected chi connectivity index (χ2v) is 5.05. The summed E-state index contributed by atoms with van der Waals surface area (Å²) in [6.45, 7) is 2.62. The number of carboxylic acids is 1. The average molecular weight is 276 g/mol. The molecule has 0 spiro atoms. The molecule has 0 atom stereocenters. The number of carbonyl (C=O) groups is 1. The molecule has 0 amide bonds. The number of aryl methyl sites for hydroxylation is 1. The molecular formula is C14H16N2O2S. The summed E-state index contributed by atoms with van der Waals surface area (Å²) in [4.78, 5) is 12.4. The van der Waals surface area contributed by atoms with Gasteiger partial charge in [-0.25, -0.2) is 4.79 Å². The van der Waals surface area contributed by atoms with Crippen molar-refractivity contribution in [2.75, 3.05) is 6.26 Å². The molecule has 5 heteroatoms. The lowest BCUT2D eigenvalue weighted by Crippen LogP contribution is -2.09. The fourth-order valence-electron chi connectivity index (χ4n) is 1.87. The molecule has 0 aliphatic rings. The monoisotopic (exact) mass is 276 g/mol. The number of benzene rings is 1. The Balaban J connectivity index is 2.38. The van der Waals surface area contributed by atoms with Crippen molar-refractivity contribution < 1.29 is 9.90 Å². The first-order valence-electron chi connectivity index (χ1n) is 6.11. The highest BCUT2D eigenvalue weighted by atomic mass is 32.2. The van der Waals surface area contributed by atoms with E-state index in [0.29, 0.717) is 12.2 Å². The number of carboxylic acid groups (broad SMARTS) is 1. The molecule has 0 aliphatic heterocycles. The van der Waals surface area contributed by atoms with Gasteiger partial charge in [0.2, 0.25) is 0 Å². The first kappa shape index (κ1) is 13.7. The van der Waals surface area contributed by atoms with Gasteiger partial charge in [-0.2, -0.15) is 5.10 Å². The zero-order valence-electron chi connectivity index (χ0n) is 11.0. The van der Waals surface area contributed by atoms with Gasteiger partial charge in [-0.05, 0) is 30.9 Å². The van der Waals surface area contributed by atoms with E-state index in [1.54, 1.807) is 22.5 Å². The molecule has 0 saturated heterocycles. The lowest BCUT2D eigenvalue weighted by molar-refractivity contribution is 0.0683. The summed E-state index contributed by atoms with van der Waals surface area (Å²) < 4.78 is 1.56. The second kappa shape index (κ2) is 5.93. The van der Waals surface area contributed by atoms with Gasteiger partial charge in [0, 0.05) is 17.0 Å². The maximum atomic E-state index is 11.2. The van der Waals surface area contributed by atoms with Crippen LogP contribution in [0.3, 0.4) is 0 Å². The quantitative estimate of drug-likeness (QED) is 0.851. The smallest absolute Gasteiger partial charge is 0.354 e. The average Bonchev–Trinajstić information content (AvgIpc) is 2.83. The van der Waals surface area contributed by atoms with Crippen molar-refractivity contribution in [3.05, 3.63) is 36.0 Å². The van der Waals surface area contributed by atoms with E-state index in [2.05, 4.69) is 5.10 Å². The van der Waals surface area contributed by atoms with Gasteiger partial charge in [-0.3, -0.25) is 4.68 Å². The van der Waals surface area contributed by atoms with E-state index in [0.717, 1.165) is 12.0 Å². The minimum atomic E-state index is -0.937. The molecule has 1 aromatic carbocycles. The van der Waals surface area contributed by atoms with Crippen molar-refractivity contribution in [2.45, 2.75) is 24.8 Å². The molecule has 0 aliphatic carbocycles. The lowest BCUT2D eigenvalue weighted by Gasteiger charge is -2.01. The Bertz CT molecular complexity index is 576. The van der Waals surface area contributed by atoms with Crippen LogP contribution in [0.15, 0.2) is 35.2 Å². The molecule has 0 radical (unpaired) electrons. The molecule has 0 fully saturated rings. The normalized spacial score (nSPS) is 10.6. The number of aromatic nitrogens is 2. The van der Waals surface area contributed by atoms with Crippen LogP contribution >= 0.6 is 11.8 Å². The molecule has 100 valence electrons. The van der Waals surface area contributed by atoms with Crippen LogP contribution in [0, 0.1) is 0 Å². The van der Waals surface area contributed by atoms with Crippen molar-refractivity contribution >= 4 is 17.7 Å². The highest BCUT2D eigenvalue weighted by Crippen LogP contribution is 2.23. The molecule has 2 rings (SSSR count). The number of hydrogen-bond acceptors (Lipinski definition) is 3. The SMILES string of the molecule is CCCn1nc(-c2ccc(SC)cc2)cc1C(=O)O. The molecule has 1 heterocycles. The van der Waals surface area contributed by atoms with Crippen LogP contribution in [0.1, 0.15) is 23.8 Å². The summed E-state index contributed by atoms with van der Waals surface area (Å²) in [5.74, 6) is -0.937. The maximum absolute atomic E-state index is 11.2. The van der Waals surface area contributed by atoms with E-state index in [4.69, 9.17) is 0 Å². The third kappa shape index (κ3) is 2.98. The van der Waals surface area contributed by atoms with Crippen molar-refractivity contribution in [3.8, 4) is 11.3 Å². The highest BCUT2D eigenvalue weighted by Gasteiger charge is 2.14. The topological polar surface area (TPSA) is 55.1 Å². The highest BCUT2D eigenvalue weighted by molar-refractivity contribution is 7.98. The maximum Gasteiger partial charge on any atom is 0.354 e. The second-order valence-electron chi connectivity index (χ2n) is 4.17. The molecule has 0 saturated carbocycles. The number of aromatic carboxylic acids is 1. The van der Waals surface area contributed by atoms with Gasteiger partial charge in [0.25, 0.3) is 0 Å². The molecule has 0 unspecified atom stereocenters. The summed E-state index contributed by atoms with van der Waals surface area (Å²) >= 11 is 1.67. The summed E-state index contributed by atoms with van der Waals surface area (Å²) in [6, 6.07) is 9.59. The minimum absolute atomic E-state index is 0.241. The Kier molecular flexibility index (Phi) is 4.27. The number of hydrogen-bond donors (Lipinski definition) is 1. The van der Waals surface area contributed by atoms with Gasteiger partial charge < -0.3 is 5.11 Å². The number of thioether (sulfide) groups is 1. The van der Waals surface area contributed by atoms with Gasteiger partial charge in [-0.15, -0.1) is 11.8 Å². The predicted octanol–water partition coefficient (Wildman–Crippen LogP) is 3.38. The summed E-state index contributed by atoms with van der Waals surface area (Å²) in [5.41, 5.74) is 1.89. The fraction of sp³-hybridized carbons (Fsp3) is 0.286. The standard InChI is InChI=1S/C14H16N2O2S/c1-3-8-16-13(14(17)18)9-12(15-16)10-4-6-11(19-2)7-5-10/h4-7,9H,3,8H2,1-2H3,(H,17,18). The van der Waals surface area contributed by atoms with Crippen LogP contribution in [0.5, 0.6) is 0 Å². The Morgan fingerprint density at radius 1 is 1.37 bits per heavy atom. The first-order valence-corrected chi connectivity index (χ1v) is 7.33. The first-order chi connectivity index (χ1) is 9.15. The van der Waals surface area contributed by atoms with E-state index in [1.807, 2.05) is 37.4 Å². The van der Waals surface area contributed by atoms with Gasteiger partial charge in [0.15, 0.2) is 0 Å². The van der Waals surface area contributed by atoms with Crippen LogP contribution in [-0.2, 0) is 6.54 Å². The molecule has 4 nitrogen and oxygen atoms in total. The van der Waals surface area contributed by atoms with Crippen LogP contribution < -0.4 is 0 Å². The molecule has 1 N–H and O–H groups in total. The Hall–Kier alpha value is -1.75. The molecule has 2 aromatic rings. The van der Waals surface area contributed by atoms with Crippen molar-refractivity contribution in [1.29, 1.82) is 0 Å². The van der Waals surface area contributed by atoms with Crippen LogP contribution in [0.2, 0.25) is 0 Å². The Morgan fingerprint density at radius 2 is 2.05 bits per heavy atom. The zero-order valence-corrected chi connectivity index (χ0v) is 11.8. The molecule has 19 heavy (non-hydrogen) atoms. The largest absolute Gasteiger partial charge is 0.477 e. The Labute approximate surface area is 116 Å².